The van der Waals surface area contributed by atoms with E-state index < -0.39 is 54.7 Å². The highest BCUT2D eigenvalue weighted by molar-refractivity contribution is 5.91. The first-order chi connectivity index (χ1) is 21.9. The summed E-state index contributed by atoms with van der Waals surface area (Å²) < 4.78 is 24.5. The molecule has 0 aliphatic carbocycles. The van der Waals surface area contributed by atoms with Crippen molar-refractivity contribution in [2.75, 3.05) is 12.3 Å². The first-order valence-corrected chi connectivity index (χ1v) is 13.8. The van der Waals surface area contributed by atoms with Crippen LogP contribution in [-0.4, -0.2) is 62.3 Å². The van der Waals surface area contributed by atoms with Crippen LogP contribution >= 0.6 is 0 Å². The second-order valence-corrected chi connectivity index (χ2v) is 9.88. The number of fused-ring (bicyclic) bond motifs is 1. The number of anilines is 1. The summed E-state index contributed by atoms with van der Waals surface area (Å²) in [7, 11) is 0. The number of carbonyl (C=O) groups is 3. The number of nitrogens with two attached hydrogens (primary N) is 1. The lowest BCUT2D eigenvalue weighted by Crippen LogP contribution is -2.43. The third-order valence-corrected chi connectivity index (χ3v) is 7.02. The summed E-state index contributed by atoms with van der Waals surface area (Å²) >= 11 is 0. The quantitative estimate of drug-likeness (QED) is 0.202. The topological polar surface area (TPSA) is 175 Å². The van der Waals surface area contributed by atoms with Crippen molar-refractivity contribution in [3.8, 4) is 0 Å². The zero-order valence-corrected chi connectivity index (χ0v) is 23.5. The van der Waals surface area contributed by atoms with Crippen LogP contribution in [0.1, 0.15) is 37.3 Å². The van der Waals surface area contributed by atoms with Crippen molar-refractivity contribution in [1.82, 2.24) is 19.5 Å². The molecule has 1 saturated heterocycles. The molecule has 3 heterocycles. The summed E-state index contributed by atoms with van der Waals surface area (Å²) in [6, 6.07) is 24.4. The minimum Gasteiger partial charge on any atom is -0.459 e. The molecule has 0 bridgehead atoms. The Hall–Kier alpha value is -5.95. The predicted octanol–water partition coefficient (Wildman–Crippen LogP) is 2.97. The molecule has 3 aromatic carbocycles. The number of esters is 3. The van der Waals surface area contributed by atoms with Gasteiger partial charge in [0.25, 0.3) is 0 Å². The highest BCUT2D eigenvalue weighted by Crippen LogP contribution is 2.36. The largest absolute Gasteiger partial charge is 0.459 e. The molecule has 0 saturated carbocycles. The number of nitrogen functional groups attached to an aromatic ring is 1. The summed E-state index contributed by atoms with van der Waals surface area (Å²) in [5, 5.41) is 0. The number of benzene rings is 3. The molecule has 0 spiro atoms. The first kappa shape index (κ1) is 29.1. The Labute approximate surface area is 255 Å². The van der Waals surface area contributed by atoms with Crippen molar-refractivity contribution in [2.24, 2.45) is 0 Å². The SMILES string of the molecule is Nc1c2nccnc2nc(=O)n1[C@@H]1O[C@H](COC(=O)c2ccccc2)[C@@H](OC(=O)c2ccccc2)[C@H]1OC(=O)c1ccccc1. The van der Waals surface area contributed by atoms with E-state index in [-0.39, 0.29) is 33.7 Å². The van der Waals surface area contributed by atoms with Crippen molar-refractivity contribution >= 4 is 34.9 Å². The Bertz CT molecular complexity index is 1900. The van der Waals surface area contributed by atoms with E-state index in [1.165, 1.54) is 24.5 Å². The molecule has 45 heavy (non-hydrogen) atoms. The van der Waals surface area contributed by atoms with Crippen LogP contribution in [0, 0.1) is 0 Å². The summed E-state index contributed by atoms with van der Waals surface area (Å²) in [5.41, 5.74) is 6.25. The Kier molecular flexibility index (Phi) is 8.24. The number of rotatable bonds is 8. The van der Waals surface area contributed by atoms with Gasteiger partial charge >= 0.3 is 23.6 Å². The fourth-order valence-electron chi connectivity index (χ4n) is 4.87. The van der Waals surface area contributed by atoms with Crippen LogP contribution in [-0.2, 0) is 18.9 Å². The van der Waals surface area contributed by atoms with E-state index in [0.29, 0.717) is 0 Å². The van der Waals surface area contributed by atoms with Gasteiger partial charge in [-0.05, 0) is 36.4 Å². The Morgan fingerprint density at radius 2 is 1.24 bits per heavy atom. The zero-order valence-electron chi connectivity index (χ0n) is 23.5. The molecule has 0 radical (unpaired) electrons. The van der Waals surface area contributed by atoms with E-state index in [4.69, 9.17) is 24.7 Å². The molecule has 1 fully saturated rings. The average Bonchev–Trinajstić information content (AvgIpc) is 3.40. The molecule has 1 aliphatic rings. The second kappa shape index (κ2) is 12.7. The molecule has 6 rings (SSSR count). The summed E-state index contributed by atoms with van der Waals surface area (Å²) in [5.74, 6) is -2.42. The number of ether oxygens (including phenoxy) is 4. The number of hydrogen-bond acceptors (Lipinski definition) is 12. The normalized spacial score (nSPS) is 19.1. The van der Waals surface area contributed by atoms with Gasteiger partial charge in [0, 0.05) is 12.4 Å². The van der Waals surface area contributed by atoms with Gasteiger partial charge in [0.05, 0.1) is 16.7 Å². The molecule has 4 atom stereocenters. The first-order valence-electron chi connectivity index (χ1n) is 13.8. The number of carbonyl (C=O) groups excluding carboxylic acids is 3. The lowest BCUT2D eigenvalue weighted by Gasteiger charge is -2.25. The van der Waals surface area contributed by atoms with Crippen LogP contribution in [0.25, 0.3) is 11.2 Å². The third kappa shape index (κ3) is 6.10. The van der Waals surface area contributed by atoms with Gasteiger partial charge in [0.1, 0.15) is 24.0 Å². The maximum atomic E-state index is 13.4. The van der Waals surface area contributed by atoms with Crippen LogP contribution in [0.3, 0.4) is 0 Å². The molecule has 2 N–H and O–H groups in total. The van der Waals surface area contributed by atoms with Gasteiger partial charge in [0.15, 0.2) is 24.1 Å². The van der Waals surface area contributed by atoms with E-state index >= 15 is 0 Å². The minimum atomic E-state index is -1.47. The number of aromatic nitrogens is 4. The maximum absolute atomic E-state index is 13.4. The Balaban J connectivity index is 1.41. The third-order valence-electron chi connectivity index (χ3n) is 7.02. The van der Waals surface area contributed by atoms with Gasteiger partial charge in [-0.1, -0.05) is 54.6 Å². The highest BCUT2D eigenvalue weighted by atomic mass is 16.7. The number of nitrogens with zero attached hydrogens (tertiary/aromatic N) is 4. The summed E-state index contributed by atoms with van der Waals surface area (Å²) in [4.78, 5) is 65.0. The molecule has 2 aromatic heterocycles. The van der Waals surface area contributed by atoms with Crippen LogP contribution in [0.4, 0.5) is 5.82 Å². The Morgan fingerprint density at radius 3 is 1.82 bits per heavy atom. The van der Waals surface area contributed by atoms with Crippen molar-refractivity contribution in [2.45, 2.75) is 24.5 Å². The fourth-order valence-corrected chi connectivity index (χ4v) is 4.87. The van der Waals surface area contributed by atoms with Gasteiger partial charge in [-0.2, -0.15) is 4.98 Å². The minimum absolute atomic E-state index is 0.00697. The lowest BCUT2D eigenvalue weighted by atomic mass is 10.1. The van der Waals surface area contributed by atoms with Crippen molar-refractivity contribution in [1.29, 1.82) is 0 Å². The Morgan fingerprint density at radius 1 is 0.733 bits per heavy atom. The molecule has 1 aliphatic heterocycles. The smallest absolute Gasteiger partial charge is 0.353 e. The molecule has 5 aromatic rings. The monoisotopic (exact) mass is 607 g/mol. The summed E-state index contributed by atoms with van der Waals surface area (Å²) in [6.07, 6.45) is -2.80. The van der Waals surface area contributed by atoms with E-state index in [2.05, 4.69) is 15.0 Å². The lowest BCUT2D eigenvalue weighted by molar-refractivity contribution is -0.0628. The molecule has 13 nitrogen and oxygen atoms in total. The van der Waals surface area contributed by atoms with Crippen LogP contribution < -0.4 is 11.4 Å². The molecular formula is C32H25N5O8. The highest BCUT2D eigenvalue weighted by Gasteiger charge is 2.52. The molecule has 0 amide bonds. The maximum Gasteiger partial charge on any atom is 0.353 e. The molecular weight excluding hydrogens is 582 g/mol. The van der Waals surface area contributed by atoms with Gasteiger partial charge in [-0.25, -0.2) is 33.7 Å². The summed E-state index contributed by atoms with van der Waals surface area (Å²) in [6.45, 7) is -0.439. The average molecular weight is 608 g/mol. The molecule has 13 heteroatoms. The van der Waals surface area contributed by atoms with Gasteiger partial charge in [0.2, 0.25) is 0 Å². The van der Waals surface area contributed by atoms with Crippen LogP contribution in [0.15, 0.2) is 108 Å². The van der Waals surface area contributed by atoms with E-state index in [0.717, 1.165) is 4.57 Å². The predicted molar refractivity (Wildman–Crippen MR) is 158 cm³/mol. The van der Waals surface area contributed by atoms with Gasteiger partial charge in [-0.3, -0.25) is 0 Å². The van der Waals surface area contributed by atoms with E-state index in [1.54, 1.807) is 78.9 Å². The van der Waals surface area contributed by atoms with Crippen LogP contribution in [0.5, 0.6) is 0 Å². The molecule has 0 unspecified atom stereocenters. The van der Waals surface area contributed by atoms with Gasteiger partial charge in [-0.15, -0.1) is 0 Å². The van der Waals surface area contributed by atoms with Crippen molar-refractivity contribution in [3.63, 3.8) is 0 Å². The standard InChI is InChI=1S/C32H25N5O8/c33-26-23-27(35-17-16-34-23)36-32(41)37(26)28-25(45-31(40)21-14-8-3-9-15-21)24(44-30(39)20-12-6-2-7-13-20)22(43-28)18-42-29(38)19-10-4-1-5-11-19/h1-17,22,24-25,28H,18,33H2/t22-,24-,25-,28-/m1/s1. The number of hydrogen-bond donors (Lipinski definition) is 1. The van der Waals surface area contributed by atoms with E-state index in [1.807, 2.05) is 0 Å². The van der Waals surface area contributed by atoms with E-state index in [9.17, 15) is 19.2 Å². The molecule has 226 valence electrons. The van der Waals surface area contributed by atoms with Gasteiger partial charge < -0.3 is 24.7 Å². The fraction of sp³-hybridized carbons (Fsp3) is 0.156. The van der Waals surface area contributed by atoms with Crippen LogP contribution in [0.2, 0.25) is 0 Å². The van der Waals surface area contributed by atoms with Crippen molar-refractivity contribution in [3.05, 3.63) is 131 Å². The second-order valence-electron chi connectivity index (χ2n) is 9.88. The zero-order chi connectivity index (χ0) is 31.3. The van der Waals surface area contributed by atoms with Crippen molar-refractivity contribution < 1.29 is 33.3 Å².